The van der Waals surface area contributed by atoms with Crippen molar-refractivity contribution < 1.29 is 13.9 Å². The van der Waals surface area contributed by atoms with Crippen molar-refractivity contribution in [3.8, 4) is 5.75 Å². The fourth-order valence-corrected chi connectivity index (χ4v) is 2.74. The van der Waals surface area contributed by atoms with E-state index < -0.39 is 5.97 Å². The minimum atomic E-state index is -0.477. The second-order valence-corrected chi connectivity index (χ2v) is 5.39. The lowest BCUT2D eigenvalue weighted by molar-refractivity contribution is -0.131. The standard InChI is InChI=1S/C19H16O4/c1-4-7-13-11(2)10-16-17(19(13)22-12(3)20)18(21)14-8-5-6-9-15(14)23-16/h4-6,8-10H,1,7H2,2-3H3. The molecule has 23 heavy (non-hydrogen) atoms. The number of carbonyl (C=O) groups excluding carboxylic acids is 1. The number of para-hydroxylation sites is 1. The summed E-state index contributed by atoms with van der Waals surface area (Å²) in [5.74, 6) is -0.207. The first-order valence-electron chi connectivity index (χ1n) is 7.30. The van der Waals surface area contributed by atoms with E-state index in [2.05, 4.69) is 6.58 Å². The highest BCUT2D eigenvalue weighted by atomic mass is 16.5. The number of ether oxygens (including phenoxy) is 1. The van der Waals surface area contributed by atoms with Crippen molar-refractivity contribution in [1.82, 2.24) is 0 Å². The zero-order chi connectivity index (χ0) is 16.6. The van der Waals surface area contributed by atoms with Crippen molar-refractivity contribution in [3.63, 3.8) is 0 Å². The van der Waals surface area contributed by atoms with Crippen LogP contribution in [-0.4, -0.2) is 5.97 Å². The number of carbonyl (C=O) groups is 1. The van der Waals surface area contributed by atoms with E-state index in [4.69, 9.17) is 9.15 Å². The molecular weight excluding hydrogens is 292 g/mol. The predicted octanol–water partition coefficient (Wildman–Crippen LogP) is 3.91. The van der Waals surface area contributed by atoms with Gasteiger partial charge < -0.3 is 9.15 Å². The molecule has 116 valence electrons. The van der Waals surface area contributed by atoms with E-state index in [1.54, 1.807) is 30.3 Å². The van der Waals surface area contributed by atoms with Gasteiger partial charge in [0.15, 0.2) is 0 Å². The molecule has 0 radical (unpaired) electrons. The molecule has 0 aliphatic heterocycles. The summed E-state index contributed by atoms with van der Waals surface area (Å²) >= 11 is 0. The number of rotatable bonds is 3. The normalized spacial score (nSPS) is 10.9. The maximum Gasteiger partial charge on any atom is 0.308 e. The molecule has 0 saturated carbocycles. The molecule has 3 aromatic rings. The summed E-state index contributed by atoms with van der Waals surface area (Å²) in [5.41, 5.74) is 2.37. The van der Waals surface area contributed by atoms with Gasteiger partial charge in [-0.3, -0.25) is 9.59 Å². The topological polar surface area (TPSA) is 56.5 Å². The van der Waals surface area contributed by atoms with E-state index in [0.717, 1.165) is 11.1 Å². The van der Waals surface area contributed by atoms with Crippen molar-refractivity contribution in [2.75, 3.05) is 0 Å². The second-order valence-electron chi connectivity index (χ2n) is 5.39. The maximum absolute atomic E-state index is 12.9. The van der Waals surface area contributed by atoms with Crippen LogP contribution >= 0.6 is 0 Å². The molecular formula is C19H16O4. The molecule has 4 nitrogen and oxygen atoms in total. The smallest absolute Gasteiger partial charge is 0.308 e. The SMILES string of the molecule is C=CCc1c(C)cc2oc3ccccc3c(=O)c2c1OC(C)=O. The highest BCUT2D eigenvalue weighted by molar-refractivity contribution is 5.95. The summed E-state index contributed by atoms with van der Waals surface area (Å²) < 4.78 is 11.2. The van der Waals surface area contributed by atoms with E-state index in [-0.39, 0.29) is 11.2 Å². The number of benzene rings is 2. The Balaban J connectivity index is 2.51. The molecule has 0 spiro atoms. The van der Waals surface area contributed by atoms with Gasteiger partial charge in [0.05, 0.1) is 5.39 Å². The summed E-state index contributed by atoms with van der Waals surface area (Å²) in [5, 5.41) is 0.753. The number of esters is 1. The van der Waals surface area contributed by atoms with E-state index in [1.807, 2.05) is 13.0 Å². The molecule has 0 atom stereocenters. The first-order chi connectivity index (χ1) is 11.0. The van der Waals surface area contributed by atoms with Crippen LogP contribution in [0.15, 0.2) is 52.2 Å². The lowest BCUT2D eigenvalue weighted by Crippen LogP contribution is -2.11. The second kappa shape index (κ2) is 5.72. The monoisotopic (exact) mass is 308 g/mol. The average molecular weight is 308 g/mol. The minimum absolute atomic E-state index is 0.205. The van der Waals surface area contributed by atoms with Gasteiger partial charge in [-0.2, -0.15) is 0 Å². The van der Waals surface area contributed by atoms with Crippen LogP contribution in [0, 0.1) is 6.92 Å². The minimum Gasteiger partial charge on any atom is -0.456 e. The van der Waals surface area contributed by atoms with Crippen LogP contribution in [0.4, 0.5) is 0 Å². The molecule has 0 unspecified atom stereocenters. The fourth-order valence-electron chi connectivity index (χ4n) is 2.74. The molecule has 0 N–H and O–H groups in total. The Labute approximate surface area is 133 Å². The van der Waals surface area contributed by atoms with Crippen LogP contribution in [0.5, 0.6) is 5.75 Å². The molecule has 0 aliphatic carbocycles. The Morgan fingerprint density at radius 2 is 2.04 bits per heavy atom. The Bertz CT molecular complexity index is 996. The molecule has 1 aromatic heterocycles. The van der Waals surface area contributed by atoms with Crippen molar-refractivity contribution in [1.29, 1.82) is 0 Å². The molecule has 0 aliphatic rings. The highest BCUT2D eigenvalue weighted by Crippen LogP contribution is 2.33. The van der Waals surface area contributed by atoms with Crippen LogP contribution in [-0.2, 0) is 11.2 Å². The third-order valence-electron chi connectivity index (χ3n) is 3.74. The first kappa shape index (κ1) is 15.0. The molecule has 4 heteroatoms. The number of hydrogen-bond donors (Lipinski definition) is 0. The van der Waals surface area contributed by atoms with Crippen molar-refractivity contribution in [3.05, 3.63) is 64.3 Å². The number of aryl methyl sites for hydroxylation is 1. The summed E-state index contributed by atoms with van der Waals surface area (Å²) in [7, 11) is 0. The van der Waals surface area contributed by atoms with Gasteiger partial charge in [0.2, 0.25) is 5.43 Å². The van der Waals surface area contributed by atoms with Gasteiger partial charge in [0.1, 0.15) is 22.3 Å². The highest BCUT2D eigenvalue weighted by Gasteiger charge is 2.19. The molecule has 0 saturated heterocycles. The van der Waals surface area contributed by atoms with Crippen LogP contribution in [0.2, 0.25) is 0 Å². The van der Waals surface area contributed by atoms with Gasteiger partial charge in [-0.25, -0.2) is 0 Å². The molecule has 0 bridgehead atoms. The van der Waals surface area contributed by atoms with Crippen molar-refractivity contribution >= 4 is 27.9 Å². The lowest BCUT2D eigenvalue weighted by Gasteiger charge is -2.14. The van der Waals surface area contributed by atoms with E-state index in [9.17, 15) is 9.59 Å². The Kier molecular flexibility index (Phi) is 3.74. The van der Waals surface area contributed by atoms with E-state index >= 15 is 0 Å². The number of fused-ring (bicyclic) bond motifs is 2. The van der Waals surface area contributed by atoms with Crippen molar-refractivity contribution in [2.24, 2.45) is 0 Å². The predicted molar refractivity (Wildman–Crippen MR) is 89.9 cm³/mol. The van der Waals surface area contributed by atoms with Crippen LogP contribution < -0.4 is 10.2 Å². The van der Waals surface area contributed by atoms with Crippen LogP contribution in [0.25, 0.3) is 21.9 Å². The van der Waals surface area contributed by atoms with Gasteiger partial charge in [-0.15, -0.1) is 6.58 Å². The van der Waals surface area contributed by atoms with Gasteiger partial charge in [0.25, 0.3) is 0 Å². The first-order valence-corrected chi connectivity index (χ1v) is 7.30. The third-order valence-corrected chi connectivity index (χ3v) is 3.74. The van der Waals surface area contributed by atoms with Gasteiger partial charge in [-0.05, 0) is 37.1 Å². The average Bonchev–Trinajstić information content (AvgIpc) is 2.50. The molecule has 0 amide bonds. The Hall–Kier alpha value is -2.88. The van der Waals surface area contributed by atoms with Gasteiger partial charge in [-0.1, -0.05) is 18.2 Å². The summed E-state index contributed by atoms with van der Waals surface area (Å²) in [6.07, 6.45) is 2.21. The zero-order valence-corrected chi connectivity index (χ0v) is 13.0. The Morgan fingerprint density at radius 3 is 2.74 bits per heavy atom. The molecule has 1 heterocycles. The van der Waals surface area contributed by atoms with Gasteiger partial charge in [0, 0.05) is 12.5 Å². The number of allylic oxidation sites excluding steroid dienone is 1. The molecule has 3 rings (SSSR count). The molecule has 2 aromatic carbocycles. The van der Waals surface area contributed by atoms with Crippen LogP contribution in [0.1, 0.15) is 18.1 Å². The van der Waals surface area contributed by atoms with Crippen molar-refractivity contribution in [2.45, 2.75) is 20.3 Å². The quantitative estimate of drug-likeness (QED) is 0.318. The van der Waals surface area contributed by atoms with Gasteiger partial charge >= 0.3 is 5.97 Å². The Morgan fingerprint density at radius 1 is 1.30 bits per heavy atom. The molecule has 0 fully saturated rings. The summed E-state index contributed by atoms with van der Waals surface area (Å²) in [6.45, 7) is 6.93. The maximum atomic E-state index is 12.9. The lowest BCUT2D eigenvalue weighted by atomic mass is 10.00. The van der Waals surface area contributed by atoms with E-state index in [0.29, 0.717) is 28.4 Å². The largest absolute Gasteiger partial charge is 0.456 e. The number of hydrogen-bond acceptors (Lipinski definition) is 4. The summed E-state index contributed by atoms with van der Waals surface area (Å²) in [4.78, 5) is 24.4. The summed E-state index contributed by atoms with van der Waals surface area (Å²) in [6, 6.07) is 8.83. The zero-order valence-electron chi connectivity index (χ0n) is 13.0. The van der Waals surface area contributed by atoms with E-state index in [1.165, 1.54) is 6.92 Å². The third kappa shape index (κ3) is 2.52. The fraction of sp³-hybridized carbons (Fsp3) is 0.158. The van der Waals surface area contributed by atoms with Crippen LogP contribution in [0.3, 0.4) is 0 Å².